The standard InChI is InChI=1S/C26H26N8O2/c1-15-9-10-33-22(15)26(35)34(19-7-5-4-6-8-19)25(32-33)16(2)31-24-21(23(28)29-14-30-24)17-11-18(27)13-20(12-17)36-3/h4-14,16H,27H2,1-3H3,(H3,28,29,30,31). The number of nitrogens with one attached hydrogen (secondary N) is 1. The summed E-state index contributed by atoms with van der Waals surface area (Å²) in [5, 5.41) is 8.18. The molecule has 2 aromatic carbocycles. The predicted molar refractivity (Wildman–Crippen MR) is 140 cm³/mol. The van der Waals surface area contributed by atoms with E-state index in [1.165, 1.54) is 6.33 Å². The number of rotatable bonds is 6. The van der Waals surface area contributed by atoms with Gasteiger partial charge in [-0.15, -0.1) is 0 Å². The average Bonchev–Trinajstić information content (AvgIpc) is 3.24. The molecule has 182 valence electrons. The van der Waals surface area contributed by atoms with E-state index in [1.54, 1.807) is 34.5 Å². The lowest BCUT2D eigenvalue weighted by Gasteiger charge is -2.21. The maximum Gasteiger partial charge on any atom is 0.282 e. The molecule has 10 nitrogen and oxygen atoms in total. The molecule has 1 atom stereocenters. The Hall–Kier alpha value is -4.86. The van der Waals surface area contributed by atoms with Gasteiger partial charge >= 0.3 is 0 Å². The Morgan fingerprint density at radius 1 is 1.06 bits per heavy atom. The SMILES string of the molecule is COc1cc(N)cc(-c2c(N)ncnc2NC(C)c2nn3ccc(C)c3c(=O)n2-c2ccccc2)c1. The number of hydrogen-bond donors (Lipinski definition) is 3. The zero-order chi connectivity index (χ0) is 25.4. The number of nitrogen functional groups attached to an aromatic ring is 2. The Labute approximate surface area is 207 Å². The lowest BCUT2D eigenvalue weighted by Crippen LogP contribution is -2.29. The van der Waals surface area contributed by atoms with Crippen molar-refractivity contribution in [2.45, 2.75) is 19.9 Å². The fourth-order valence-corrected chi connectivity index (χ4v) is 4.29. The number of aromatic nitrogens is 5. The number of benzene rings is 2. The summed E-state index contributed by atoms with van der Waals surface area (Å²) in [5.74, 6) is 1.83. The minimum atomic E-state index is -0.444. The lowest BCUT2D eigenvalue weighted by atomic mass is 10.1. The second-order valence-corrected chi connectivity index (χ2v) is 8.47. The lowest BCUT2D eigenvalue weighted by molar-refractivity contribution is 0.415. The van der Waals surface area contributed by atoms with E-state index >= 15 is 0 Å². The van der Waals surface area contributed by atoms with Crippen LogP contribution in [0.5, 0.6) is 5.75 Å². The van der Waals surface area contributed by atoms with Gasteiger partial charge in [-0.3, -0.25) is 9.36 Å². The van der Waals surface area contributed by atoms with Crippen LogP contribution in [-0.2, 0) is 0 Å². The van der Waals surface area contributed by atoms with E-state index in [4.69, 9.17) is 21.3 Å². The molecule has 0 aliphatic rings. The Morgan fingerprint density at radius 2 is 1.83 bits per heavy atom. The van der Waals surface area contributed by atoms with Crippen molar-refractivity contribution in [2.24, 2.45) is 0 Å². The zero-order valence-electron chi connectivity index (χ0n) is 20.1. The van der Waals surface area contributed by atoms with E-state index in [0.29, 0.717) is 45.4 Å². The van der Waals surface area contributed by atoms with E-state index in [1.807, 2.05) is 56.3 Å². The second kappa shape index (κ2) is 9.06. The van der Waals surface area contributed by atoms with Gasteiger partial charge in [-0.05, 0) is 55.3 Å². The van der Waals surface area contributed by atoms with E-state index in [-0.39, 0.29) is 11.4 Å². The average molecular weight is 483 g/mol. The van der Waals surface area contributed by atoms with Gasteiger partial charge in [-0.1, -0.05) is 18.2 Å². The maximum absolute atomic E-state index is 13.6. The molecule has 10 heteroatoms. The summed E-state index contributed by atoms with van der Waals surface area (Å²) < 4.78 is 8.61. The molecule has 3 heterocycles. The largest absolute Gasteiger partial charge is 0.497 e. The number of hydrogen-bond acceptors (Lipinski definition) is 8. The van der Waals surface area contributed by atoms with Gasteiger partial charge in [0.05, 0.1) is 24.4 Å². The van der Waals surface area contributed by atoms with Gasteiger partial charge in [-0.25, -0.2) is 14.5 Å². The summed E-state index contributed by atoms with van der Waals surface area (Å²) in [7, 11) is 1.57. The van der Waals surface area contributed by atoms with Crippen molar-refractivity contribution in [1.29, 1.82) is 0 Å². The minimum absolute atomic E-state index is 0.162. The molecule has 5 N–H and O–H groups in total. The van der Waals surface area contributed by atoms with Crippen LogP contribution in [-0.4, -0.2) is 31.3 Å². The molecule has 0 saturated carbocycles. The number of para-hydroxylation sites is 1. The van der Waals surface area contributed by atoms with E-state index in [2.05, 4.69) is 15.3 Å². The van der Waals surface area contributed by atoms with Crippen LogP contribution < -0.4 is 27.1 Å². The second-order valence-electron chi connectivity index (χ2n) is 8.47. The summed E-state index contributed by atoms with van der Waals surface area (Å²) in [6.45, 7) is 3.80. The summed E-state index contributed by atoms with van der Waals surface area (Å²) in [6.07, 6.45) is 3.17. The first-order valence-electron chi connectivity index (χ1n) is 11.4. The van der Waals surface area contributed by atoms with Gasteiger partial charge in [0, 0.05) is 18.0 Å². The molecule has 0 bridgehead atoms. The molecule has 0 fully saturated rings. The van der Waals surface area contributed by atoms with Gasteiger partial charge in [0.2, 0.25) is 0 Å². The molecule has 1 unspecified atom stereocenters. The Kier molecular flexibility index (Phi) is 5.77. The smallest absolute Gasteiger partial charge is 0.282 e. The first-order valence-corrected chi connectivity index (χ1v) is 11.4. The van der Waals surface area contributed by atoms with E-state index in [0.717, 1.165) is 5.56 Å². The number of nitrogens with two attached hydrogens (primary N) is 2. The third kappa shape index (κ3) is 3.98. The van der Waals surface area contributed by atoms with Crippen LogP contribution in [0.4, 0.5) is 17.3 Å². The molecule has 3 aromatic heterocycles. The van der Waals surface area contributed by atoms with Crippen LogP contribution in [0.1, 0.15) is 24.4 Å². The highest BCUT2D eigenvalue weighted by Gasteiger charge is 2.22. The van der Waals surface area contributed by atoms with Crippen LogP contribution in [0.2, 0.25) is 0 Å². The van der Waals surface area contributed by atoms with Crippen molar-refractivity contribution in [3.8, 4) is 22.6 Å². The van der Waals surface area contributed by atoms with Crippen LogP contribution in [0, 0.1) is 6.92 Å². The number of anilines is 3. The number of ether oxygens (including phenoxy) is 1. The molecule has 0 amide bonds. The van der Waals surface area contributed by atoms with Crippen molar-refractivity contribution in [3.63, 3.8) is 0 Å². The monoisotopic (exact) mass is 482 g/mol. The molecule has 0 radical (unpaired) electrons. The molecule has 0 spiro atoms. The number of fused-ring (bicyclic) bond motifs is 1. The molecule has 5 aromatic rings. The van der Waals surface area contributed by atoms with E-state index < -0.39 is 6.04 Å². The summed E-state index contributed by atoms with van der Waals surface area (Å²) in [6, 6.07) is 16.2. The summed E-state index contributed by atoms with van der Waals surface area (Å²) in [4.78, 5) is 22.3. The number of aryl methyl sites for hydroxylation is 1. The third-order valence-electron chi connectivity index (χ3n) is 6.00. The normalized spacial score (nSPS) is 12.0. The maximum atomic E-state index is 13.6. The number of methoxy groups -OCH3 is 1. The fraction of sp³-hybridized carbons (Fsp3) is 0.154. The molecule has 0 aliphatic carbocycles. The van der Waals surface area contributed by atoms with Gasteiger partial charge in [-0.2, -0.15) is 5.10 Å². The Morgan fingerprint density at radius 3 is 2.58 bits per heavy atom. The third-order valence-corrected chi connectivity index (χ3v) is 6.00. The highest BCUT2D eigenvalue weighted by atomic mass is 16.5. The summed E-state index contributed by atoms with van der Waals surface area (Å²) >= 11 is 0. The van der Waals surface area contributed by atoms with E-state index in [9.17, 15) is 4.79 Å². The number of nitrogens with zero attached hydrogens (tertiary/aromatic N) is 5. The van der Waals surface area contributed by atoms with Crippen LogP contribution in [0.3, 0.4) is 0 Å². The van der Waals surface area contributed by atoms with Crippen LogP contribution >= 0.6 is 0 Å². The molecule has 36 heavy (non-hydrogen) atoms. The van der Waals surface area contributed by atoms with Gasteiger partial charge < -0.3 is 21.5 Å². The van der Waals surface area contributed by atoms with Crippen molar-refractivity contribution in [1.82, 2.24) is 24.1 Å². The quantitative estimate of drug-likeness (QED) is 0.312. The van der Waals surface area contributed by atoms with Gasteiger partial charge in [0.25, 0.3) is 5.56 Å². The highest BCUT2D eigenvalue weighted by molar-refractivity contribution is 5.85. The van der Waals surface area contributed by atoms with Crippen molar-refractivity contribution < 1.29 is 4.74 Å². The van der Waals surface area contributed by atoms with Crippen molar-refractivity contribution in [3.05, 3.63) is 88.9 Å². The van der Waals surface area contributed by atoms with Crippen LogP contribution in [0.15, 0.2) is 71.9 Å². The van der Waals surface area contributed by atoms with Gasteiger partial charge in [0.1, 0.15) is 29.2 Å². The molecular weight excluding hydrogens is 456 g/mol. The minimum Gasteiger partial charge on any atom is -0.497 e. The van der Waals surface area contributed by atoms with Crippen molar-refractivity contribution >= 4 is 22.8 Å². The molecule has 0 aliphatic heterocycles. The zero-order valence-corrected chi connectivity index (χ0v) is 20.1. The van der Waals surface area contributed by atoms with Gasteiger partial charge in [0.15, 0.2) is 5.82 Å². The topological polar surface area (TPSA) is 138 Å². The van der Waals surface area contributed by atoms with Crippen molar-refractivity contribution in [2.75, 3.05) is 23.9 Å². The summed E-state index contributed by atoms with van der Waals surface area (Å²) in [5.41, 5.74) is 16.1. The Bertz CT molecular complexity index is 1630. The van der Waals surface area contributed by atoms with Crippen LogP contribution in [0.25, 0.3) is 22.3 Å². The first-order chi connectivity index (χ1) is 17.4. The highest BCUT2D eigenvalue weighted by Crippen LogP contribution is 2.35. The molecule has 0 saturated heterocycles. The fourth-order valence-electron chi connectivity index (χ4n) is 4.29. The predicted octanol–water partition coefficient (Wildman–Crippen LogP) is 3.60. The molecule has 5 rings (SSSR count). The molecular formula is C26H26N8O2. The first kappa shape index (κ1) is 22.9. The Balaban J connectivity index is 1.65.